The Balaban J connectivity index is 2.55. The molecule has 1 aromatic rings. The van der Waals surface area contributed by atoms with Crippen LogP contribution in [0.5, 0.6) is 0 Å². The number of ether oxygens (including phenoxy) is 1. The molecule has 5 nitrogen and oxygen atoms in total. The van der Waals surface area contributed by atoms with Crippen molar-refractivity contribution >= 4 is 17.5 Å². The number of nitrogens with zero attached hydrogens (tertiary/aromatic N) is 2. The van der Waals surface area contributed by atoms with Gasteiger partial charge >= 0.3 is 0 Å². The number of aliphatic hydroxyl groups excluding tert-OH is 1. The van der Waals surface area contributed by atoms with Gasteiger partial charge in [-0.3, -0.25) is 4.79 Å². The number of hydrogen-bond donors (Lipinski definition) is 1. The number of methoxy groups -OCH3 is 1. The van der Waals surface area contributed by atoms with Crippen molar-refractivity contribution in [3.63, 3.8) is 0 Å². The molecule has 2 rings (SSSR count). The van der Waals surface area contributed by atoms with E-state index in [4.69, 9.17) is 16.3 Å². The van der Waals surface area contributed by atoms with Crippen LogP contribution < -0.4 is 0 Å². The minimum Gasteiger partial charge on any atom is -0.364 e. The van der Waals surface area contributed by atoms with Crippen LogP contribution in [0.15, 0.2) is 6.20 Å². The van der Waals surface area contributed by atoms with Crippen LogP contribution in [0.4, 0.5) is 0 Å². The van der Waals surface area contributed by atoms with Crippen LogP contribution in [-0.4, -0.2) is 34.6 Å². The van der Waals surface area contributed by atoms with E-state index >= 15 is 0 Å². The third-order valence-corrected chi connectivity index (χ3v) is 3.20. The highest BCUT2D eigenvalue weighted by atomic mass is 35.5. The number of rotatable bonds is 3. The lowest BCUT2D eigenvalue weighted by Crippen LogP contribution is -2.23. The smallest absolute Gasteiger partial charge is 0.255 e. The minimum atomic E-state index is -1.16. The molecule has 1 atom stereocenters. The SMILES string of the molecule is CCN1Cc2c(Cl)ncc(C(O)OC)c2C1=O. The maximum absolute atomic E-state index is 12.1. The van der Waals surface area contributed by atoms with E-state index in [1.165, 1.54) is 13.3 Å². The van der Waals surface area contributed by atoms with Gasteiger partial charge in [-0.1, -0.05) is 11.6 Å². The zero-order valence-corrected chi connectivity index (χ0v) is 10.4. The molecule has 1 unspecified atom stereocenters. The van der Waals surface area contributed by atoms with Gasteiger partial charge in [-0.25, -0.2) is 4.98 Å². The van der Waals surface area contributed by atoms with Crippen LogP contribution >= 0.6 is 11.6 Å². The first-order chi connectivity index (χ1) is 8.10. The number of carbonyl (C=O) groups is 1. The van der Waals surface area contributed by atoms with Gasteiger partial charge in [0, 0.05) is 37.5 Å². The molecule has 6 heteroatoms. The zero-order valence-electron chi connectivity index (χ0n) is 9.61. The molecule has 0 saturated carbocycles. The number of halogens is 1. The maximum atomic E-state index is 12.1. The van der Waals surface area contributed by atoms with E-state index in [1.54, 1.807) is 4.90 Å². The lowest BCUT2D eigenvalue weighted by molar-refractivity contribution is -0.0775. The van der Waals surface area contributed by atoms with Crippen LogP contribution in [0.3, 0.4) is 0 Å². The van der Waals surface area contributed by atoms with Crippen LogP contribution in [0, 0.1) is 0 Å². The third-order valence-electron chi connectivity index (χ3n) is 2.88. The fourth-order valence-electron chi connectivity index (χ4n) is 1.93. The molecule has 17 heavy (non-hydrogen) atoms. The van der Waals surface area contributed by atoms with Crippen molar-refractivity contribution in [2.24, 2.45) is 0 Å². The molecule has 1 N–H and O–H groups in total. The summed E-state index contributed by atoms with van der Waals surface area (Å²) in [6.07, 6.45) is 0.223. The molecular weight excluding hydrogens is 244 g/mol. The molecular formula is C11H13ClN2O3. The summed E-state index contributed by atoms with van der Waals surface area (Å²) < 4.78 is 4.82. The van der Waals surface area contributed by atoms with Crippen molar-refractivity contribution in [2.45, 2.75) is 19.8 Å². The number of aromatic nitrogens is 1. The number of pyridine rings is 1. The molecule has 0 saturated heterocycles. The normalized spacial score (nSPS) is 16.2. The summed E-state index contributed by atoms with van der Waals surface area (Å²) in [5, 5.41) is 9.99. The van der Waals surface area contributed by atoms with Gasteiger partial charge in [0.2, 0.25) is 0 Å². The molecule has 0 bridgehead atoms. The Morgan fingerprint density at radius 1 is 1.71 bits per heavy atom. The number of hydrogen-bond acceptors (Lipinski definition) is 4. The zero-order chi connectivity index (χ0) is 12.6. The monoisotopic (exact) mass is 256 g/mol. The second kappa shape index (κ2) is 4.60. The Kier molecular flexibility index (Phi) is 3.33. The molecule has 1 aliphatic rings. The summed E-state index contributed by atoms with van der Waals surface area (Å²) in [5.74, 6) is -0.141. The second-order valence-corrected chi connectivity index (χ2v) is 4.12. The predicted molar refractivity (Wildman–Crippen MR) is 61.6 cm³/mol. The summed E-state index contributed by atoms with van der Waals surface area (Å²) in [4.78, 5) is 17.7. The third kappa shape index (κ3) is 1.90. The van der Waals surface area contributed by atoms with Gasteiger partial charge in [0.25, 0.3) is 5.91 Å². The number of fused-ring (bicyclic) bond motifs is 1. The molecule has 92 valence electrons. The van der Waals surface area contributed by atoms with E-state index in [0.717, 1.165) is 0 Å². The summed E-state index contributed by atoms with van der Waals surface area (Å²) in [5.41, 5.74) is 1.45. The van der Waals surface area contributed by atoms with E-state index in [9.17, 15) is 9.90 Å². The average molecular weight is 257 g/mol. The van der Waals surface area contributed by atoms with Gasteiger partial charge < -0.3 is 14.7 Å². The number of carbonyl (C=O) groups excluding carboxylic acids is 1. The molecule has 2 heterocycles. The summed E-state index contributed by atoms with van der Waals surface area (Å²) in [6.45, 7) is 2.91. The average Bonchev–Trinajstić information content (AvgIpc) is 2.68. The largest absolute Gasteiger partial charge is 0.364 e. The van der Waals surface area contributed by atoms with Crippen LogP contribution in [0.2, 0.25) is 5.15 Å². The van der Waals surface area contributed by atoms with E-state index in [-0.39, 0.29) is 5.91 Å². The number of aliphatic hydroxyl groups is 1. The Hall–Kier alpha value is -1.17. The Morgan fingerprint density at radius 2 is 2.41 bits per heavy atom. The molecule has 0 fully saturated rings. The predicted octanol–water partition coefficient (Wildman–Crippen LogP) is 1.35. The minimum absolute atomic E-state index is 0.141. The van der Waals surface area contributed by atoms with Gasteiger partial charge in [0.05, 0.1) is 5.56 Å². The standard InChI is InChI=1S/C11H13ClN2O3/c1-3-14-5-7-8(10(14)15)6(11(16)17-2)4-13-9(7)12/h4,11,16H,3,5H2,1-2H3. The van der Waals surface area contributed by atoms with E-state index in [1.807, 2.05) is 6.92 Å². The quantitative estimate of drug-likeness (QED) is 0.655. The van der Waals surface area contributed by atoms with Crippen LogP contribution in [-0.2, 0) is 11.3 Å². The first-order valence-electron chi connectivity index (χ1n) is 5.27. The van der Waals surface area contributed by atoms with Gasteiger partial charge in [-0.2, -0.15) is 0 Å². The first kappa shape index (κ1) is 12.3. The summed E-state index contributed by atoms with van der Waals surface area (Å²) in [6, 6.07) is 0. The maximum Gasteiger partial charge on any atom is 0.255 e. The van der Waals surface area contributed by atoms with Crippen molar-refractivity contribution in [3.05, 3.63) is 28.0 Å². The van der Waals surface area contributed by atoms with E-state index < -0.39 is 6.29 Å². The van der Waals surface area contributed by atoms with Crippen molar-refractivity contribution in [1.29, 1.82) is 0 Å². The van der Waals surface area contributed by atoms with Crippen LogP contribution in [0.1, 0.15) is 34.7 Å². The fourth-order valence-corrected chi connectivity index (χ4v) is 2.14. The summed E-state index contributed by atoms with van der Waals surface area (Å²) >= 11 is 5.96. The van der Waals surface area contributed by atoms with Gasteiger partial charge in [0.1, 0.15) is 5.15 Å². The second-order valence-electron chi connectivity index (χ2n) is 3.77. The lowest BCUT2D eigenvalue weighted by Gasteiger charge is -2.13. The van der Waals surface area contributed by atoms with Gasteiger partial charge in [0.15, 0.2) is 6.29 Å². The highest BCUT2D eigenvalue weighted by Crippen LogP contribution is 2.32. The molecule has 1 amide bonds. The topological polar surface area (TPSA) is 62.7 Å². The first-order valence-corrected chi connectivity index (χ1v) is 5.65. The fraction of sp³-hybridized carbons (Fsp3) is 0.455. The molecule has 1 aliphatic heterocycles. The molecule has 0 aliphatic carbocycles. The van der Waals surface area contributed by atoms with Crippen LogP contribution in [0.25, 0.3) is 0 Å². The Labute approximate surface area is 104 Å². The molecule has 0 aromatic carbocycles. The van der Waals surface area contributed by atoms with Crippen molar-refractivity contribution < 1.29 is 14.6 Å². The number of amides is 1. The van der Waals surface area contributed by atoms with Gasteiger partial charge in [-0.15, -0.1) is 0 Å². The van der Waals surface area contributed by atoms with Gasteiger partial charge in [-0.05, 0) is 6.92 Å². The highest BCUT2D eigenvalue weighted by Gasteiger charge is 2.33. The molecule has 0 radical (unpaired) electrons. The lowest BCUT2D eigenvalue weighted by atomic mass is 10.1. The molecule has 0 spiro atoms. The van der Waals surface area contributed by atoms with E-state index in [0.29, 0.717) is 34.9 Å². The van der Waals surface area contributed by atoms with Crippen molar-refractivity contribution in [2.75, 3.05) is 13.7 Å². The van der Waals surface area contributed by atoms with Crippen molar-refractivity contribution in [3.8, 4) is 0 Å². The Bertz CT molecular complexity index is 464. The van der Waals surface area contributed by atoms with E-state index in [2.05, 4.69) is 4.98 Å². The van der Waals surface area contributed by atoms with Crippen molar-refractivity contribution in [1.82, 2.24) is 9.88 Å². The summed E-state index contributed by atoms with van der Waals surface area (Å²) in [7, 11) is 1.36. The molecule has 1 aromatic heterocycles. The Morgan fingerprint density at radius 3 is 3.00 bits per heavy atom. The highest BCUT2D eigenvalue weighted by molar-refractivity contribution is 6.31.